The Morgan fingerprint density at radius 3 is 1.67 bits per heavy atom. The van der Waals surface area contributed by atoms with Crippen LogP contribution in [0.4, 0.5) is 0 Å². The number of aliphatic hydroxyl groups is 5. The number of carbonyl (C=O) groups excluding carboxylic acids is 3. The van der Waals surface area contributed by atoms with Crippen molar-refractivity contribution in [3.63, 3.8) is 0 Å². The molecule has 0 aromatic carbocycles. The third-order valence-electron chi connectivity index (χ3n) is 8.43. The van der Waals surface area contributed by atoms with Gasteiger partial charge in [-0.2, -0.15) is 0 Å². The van der Waals surface area contributed by atoms with Gasteiger partial charge in [0, 0.05) is 19.3 Å². The first kappa shape index (κ1) is 42.3. The molecule has 0 aliphatic carbocycles. The van der Waals surface area contributed by atoms with Crippen LogP contribution < -0.4 is 0 Å². The predicted octanol–water partition coefficient (Wildman–Crippen LogP) is 2.27. The molecule has 0 spiro atoms. The maximum Gasteiger partial charge on any atom is 0.306 e. The van der Waals surface area contributed by atoms with Crippen LogP contribution in [0.3, 0.4) is 0 Å². The Kier molecular flexibility index (Phi) is 18.8. The lowest BCUT2D eigenvalue weighted by Crippen LogP contribution is -2.65. The molecule has 0 aromatic heterocycles. The van der Waals surface area contributed by atoms with Crippen molar-refractivity contribution >= 4 is 17.9 Å². The SMILES string of the molecule is CCCCCCCCCCCC(=O)OC1[C@@H](OC(=O)CC(C)C)[C@@H](O[C@]2(CO)O[C@H](CO)[C@@H](O)[C@@H]2O)O[C@H](CO)[C@H]1OC(=O)CC(C)C. The van der Waals surface area contributed by atoms with Crippen molar-refractivity contribution in [2.75, 3.05) is 19.8 Å². The maximum absolute atomic E-state index is 13.3. The monoisotopic (exact) mass is 692 g/mol. The van der Waals surface area contributed by atoms with Gasteiger partial charge in [0.05, 0.1) is 13.2 Å². The Balaban J connectivity index is 2.36. The van der Waals surface area contributed by atoms with Gasteiger partial charge < -0.3 is 54.0 Å². The van der Waals surface area contributed by atoms with Crippen LogP contribution in [-0.2, 0) is 42.8 Å². The molecule has 14 heteroatoms. The lowest BCUT2D eigenvalue weighted by Gasteiger charge is -2.46. The molecule has 2 fully saturated rings. The van der Waals surface area contributed by atoms with Crippen LogP contribution in [0.1, 0.15) is 112 Å². The second-order valence-corrected chi connectivity index (χ2v) is 13.7. The van der Waals surface area contributed by atoms with Crippen LogP contribution in [0.5, 0.6) is 0 Å². The van der Waals surface area contributed by atoms with Crippen molar-refractivity contribution in [3.05, 3.63) is 0 Å². The summed E-state index contributed by atoms with van der Waals surface area (Å²) < 4.78 is 34.7. The van der Waals surface area contributed by atoms with Crippen LogP contribution >= 0.6 is 0 Å². The molecular weight excluding hydrogens is 632 g/mol. The molecule has 2 saturated heterocycles. The highest BCUT2D eigenvalue weighted by Crippen LogP contribution is 2.38. The molecule has 0 saturated carbocycles. The molecule has 0 bridgehead atoms. The summed E-state index contributed by atoms with van der Waals surface area (Å²) in [6, 6.07) is 0. The van der Waals surface area contributed by atoms with E-state index in [1.807, 2.05) is 0 Å². The minimum atomic E-state index is -2.37. The van der Waals surface area contributed by atoms with Gasteiger partial charge in [-0.1, -0.05) is 86.0 Å². The van der Waals surface area contributed by atoms with Crippen molar-refractivity contribution in [3.8, 4) is 0 Å². The Hall–Kier alpha value is -1.91. The number of rotatable bonds is 22. The molecular formula is C34H60O14. The van der Waals surface area contributed by atoms with Crippen LogP contribution in [0.15, 0.2) is 0 Å². The first-order chi connectivity index (χ1) is 22.8. The normalized spacial score (nSPS) is 30.5. The zero-order valence-corrected chi connectivity index (χ0v) is 29.3. The molecule has 48 heavy (non-hydrogen) atoms. The van der Waals surface area contributed by atoms with Gasteiger partial charge in [0.1, 0.15) is 31.0 Å². The lowest BCUT2D eigenvalue weighted by atomic mass is 9.97. The van der Waals surface area contributed by atoms with Crippen molar-refractivity contribution in [1.82, 2.24) is 0 Å². The number of hydrogen-bond acceptors (Lipinski definition) is 14. The first-order valence-corrected chi connectivity index (χ1v) is 17.6. The highest BCUT2D eigenvalue weighted by Gasteiger charge is 2.60. The summed E-state index contributed by atoms with van der Waals surface area (Å²) >= 11 is 0. The van der Waals surface area contributed by atoms with Crippen molar-refractivity contribution in [1.29, 1.82) is 0 Å². The average Bonchev–Trinajstić information content (AvgIpc) is 3.26. The third kappa shape index (κ3) is 12.8. The van der Waals surface area contributed by atoms with Crippen molar-refractivity contribution in [2.24, 2.45) is 11.8 Å². The number of aliphatic hydroxyl groups excluding tert-OH is 5. The average molecular weight is 693 g/mol. The van der Waals surface area contributed by atoms with Crippen LogP contribution in [0.25, 0.3) is 0 Å². The summed E-state index contributed by atoms with van der Waals surface area (Å²) in [7, 11) is 0. The van der Waals surface area contributed by atoms with E-state index in [0.717, 1.165) is 25.7 Å². The van der Waals surface area contributed by atoms with E-state index in [0.29, 0.717) is 6.42 Å². The van der Waals surface area contributed by atoms with Gasteiger partial charge in [-0.15, -0.1) is 0 Å². The Bertz CT molecular complexity index is 960. The molecule has 0 amide bonds. The van der Waals surface area contributed by atoms with Crippen LogP contribution in [0.2, 0.25) is 0 Å². The van der Waals surface area contributed by atoms with Gasteiger partial charge in [0.15, 0.2) is 18.3 Å². The van der Waals surface area contributed by atoms with Gasteiger partial charge in [0.2, 0.25) is 12.1 Å². The number of hydrogen-bond donors (Lipinski definition) is 5. The molecule has 1 unspecified atom stereocenters. The van der Waals surface area contributed by atoms with Crippen LogP contribution in [0, 0.1) is 11.8 Å². The number of ether oxygens (including phenoxy) is 6. The fraction of sp³-hybridized carbons (Fsp3) is 0.912. The van der Waals surface area contributed by atoms with E-state index in [1.54, 1.807) is 27.7 Å². The van der Waals surface area contributed by atoms with E-state index in [2.05, 4.69) is 6.92 Å². The molecule has 2 heterocycles. The largest absolute Gasteiger partial charge is 0.455 e. The first-order valence-electron chi connectivity index (χ1n) is 17.6. The molecule has 0 radical (unpaired) electrons. The summed E-state index contributed by atoms with van der Waals surface area (Å²) in [6.07, 6.45) is -3.40. The summed E-state index contributed by atoms with van der Waals surface area (Å²) in [5.74, 6) is -4.66. The zero-order valence-electron chi connectivity index (χ0n) is 29.3. The molecule has 0 aromatic rings. The fourth-order valence-corrected chi connectivity index (χ4v) is 5.85. The molecule has 5 N–H and O–H groups in total. The van der Waals surface area contributed by atoms with E-state index in [1.165, 1.54) is 25.7 Å². The molecule has 280 valence electrons. The van der Waals surface area contributed by atoms with E-state index >= 15 is 0 Å². The molecule has 14 nitrogen and oxygen atoms in total. The topological polar surface area (TPSA) is 208 Å². The number of esters is 3. The third-order valence-corrected chi connectivity index (χ3v) is 8.43. The Labute approximate surface area is 284 Å². The number of carbonyl (C=O) groups is 3. The summed E-state index contributed by atoms with van der Waals surface area (Å²) in [5, 5.41) is 51.4. The second-order valence-electron chi connectivity index (χ2n) is 13.7. The smallest absolute Gasteiger partial charge is 0.306 e. The summed E-state index contributed by atoms with van der Waals surface area (Å²) in [6.45, 7) is 6.84. The van der Waals surface area contributed by atoms with Gasteiger partial charge in [-0.05, 0) is 18.3 Å². The maximum atomic E-state index is 13.3. The standard InChI is InChI=1S/C34H60O14/c1-6-7-8-9-10-11-12-13-14-15-25(38)44-30-29(45-26(39)16-21(2)3)24(19-36)43-33(31(30)46-27(40)17-22(4)5)48-34(20-37)32(42)28(41)23(18-35)47-34/h21-24,28-33,35-37,41-42H,6-20H2,1-5H3/t23-,24-,28-,29-,30?,31-,32+,33-,34+/m1/s1. The van der Waals surface area contributed by atoms with Gasteiger partial charge in [-0.3, -0.25) is 14.4 Å². The minimum Gasteiger partial charge on any atom is -0.455 e. The zero-order chi connectivity index (χ0) is 35.9. The summed E-state index contributed by atoms with van der Waals surface area (Å²) in [5.41, 5.74) is 0. The molecule has 9 atom stereocenters. The van der Waals surface area contributed by atoms with Gasteiger partial charge >= 0.3 is 17.9 Å². The minimum absolute atomic E-state index is 0.000412. The fourth-order valence-electron chi connectivity index (χ4n) is 5.85. The van der Waals surface area contributed by atoms with Crippen molar-refractivity contribution < 1.29 is 68.3 Å². The molecule has 2 aliphatic rings. The predicted molar refractivity (Wildman–Crippen MR) is 171 cm³/mol. The van der Waals surface area contributed by atoms with E-state index in [4.69, 9.17) is 28.4 Å². The highest BCUT2D eigenvalue weighted by atomic mass is 16.8. The highest BCUT2D eigenvalue weighted by molar-refractivity contribution is 5.72. The van der Waals surface area contributed by atoms with Gasteiger partial charge in [0.25, 0.3) is 0 Å². The van der Waals surface area contributed by atoms with E-state index < -0.39 is 92.5 Å². The molecule has 2 rings (SSSR count). The van der Waals surface area contributed by atoms with Crippen molar-refractivity contribution in [2.45, 2.75) is 166 Å². The Morgan fingerprint density at radius 1 is 0.688 bits per heavy atom. The summed E-state index contributed by atoms with van der Waals surface area (Å²) in [4.78, 5) is 39.2. The lowest BCUT2D eigenvalue weighted by molar-refractivity contribution is -0.384. The quantitative estimate of drug-likeness (QED) is 0.0627. The Morgan fingerprint density at radius 2 is 1.19 bits per heavy atom. The van der Waals surface area contributed by atoms with Gasteiger partial charge in [-0.25, -0.2) is 0 Å². The van der Waals surface area contributed by atoms with E-state index in [-0.39, 0.29) is 31.1 Å². The van der Waals surface area contributed by atoms with E-state index in [9.17, 15) is 39.9 Å². The number of unbranched alkanes of at least 4 members (excludes halogenated alkanes) is 8. The van der Waals surface area contributed by atoms with Crippen LogP contribution in [-0.4, -0.2) is 118 Å². The second kappa shape index (κ2) is 21.3. The molecule has 2 aliphatic heterocycles.